The Morgan fingerprint density at radius 1 is 1.39 bits per heavy atom. The van der Waals surface area contributed by atoms with Gasteiger partial charge in [-0.15, -0.1) is 0 Å². The molecule has 1 atom stereocenters. The van der Waals surface area contributed by atoms with Crippen molar-refractivity contribution < 1.29 is 13.9 Å². The minimum Gasteiger partial charge on any atom is -0.425 e. The summed E-state index contributed by atoms with van der Waals surface area (Å²) in [5, 5.41) is 0.801. The molecule has 0 aliphatic rings. The van der Waals surface area contributed by atoms with Crippen LogP contribution in [0.5, 0.6) is 5.75 Å². The Balaban J connectivity index is 2.44. The predicted octanol–water partition coefficient (Wildman–Crippen LogP) is 1.35. The molecule has 1 heterocycles. The number of carbonyl (C=O) groups is 1. The van der Waals surface area contributed by atoms with Crippen molar-refractivity contribution in [2.75, 3.05) is 0 Å². The Hall–Kier alpha value is -2.14. The Kier molecular flexibility index (Phi) is 3.16. The standard InChI is InChI=1S/C13H13NO4/c1-7-5-12(15)18-11-6-9(3-4-10(7)11)17-13(16)8(2)14/h3-6,8H,14H2,1-2H3. The van der Waals surface area contributed by atoms with E-state index in [0.29, 0.717) is 11.3 Å². The highest BCUT2D eigenvalue weighted by Crippen LogP contribution is 2.22. The van der Waals surface area contributed by atoms with Crippen LogP contribution < -0.4 is 16.1 Å². The molecule has 5 heteroatoms. The second kappa shape index (κ2) is 4.62. The number of rotatable bonds is 2. The molecule has 0 amide bonds. The highest BCUT2D eigenvalue weighted by molar-refractivity contribution is 5.83. The SMILES string of the molecule is Cc1cc(=O)oc2cc(OC(=O)C(C)N)ccc12. The molecule has 2 aromatic rings. The molecule has 2 rings (SSSR count). The second-order valence-corrected chi connectivity index (χ2v) is 4.12. The van der Waals surface area contributed by atoms with Crippen molar-refractivity contribution >= 4 is 16.9 Å². The average Bonchev–Trinajstić information content (AvgIpc) is 2.27. The summed E-state index contributed by atoms with van der Waals surface area (Å²) in [5.41, 5.74) is 6.16. The van der Waals surface area contributed by atoms with Gasteiger partial charge in [-0.3, -0.25) is 0 Å². The summed E-state index contributed by atoms with van der Waals surface area (Å²) in [6, 6.07) is 5.58. The number of hydrogen-bond acceptors (Lipinski definition) is 5. The van der Waals surface area contributed by atoms with Gasteiger partial charge in [-0.05, 0) is 31.5 Å². The summed E-state index contributed by atoms with van der Waals surface area (Å²) >= 11 is 0. The third-order valence-corrected chi connectivity index (χ3v) is 2.51. The summed E-state index contributed by atoms with van der Waals surface area (Å²) < 4.78 is 10.1. The van der Waals surface area contributed by atoms with Gasteiger partial charge >= 0.3 is 11.6 Å². The predicted molar refractivity (Wildman–Crippen MR) is 66.5 cm³/mol. The van der Waals surface area contributed by atoms with E-state index in [1.807, 2.05) is 6.92 Å². The molecule has 5 nitrogen and oxygen atoms in total. The minimum atomic E-state index is -0.704. The van der Waals surface area contributed by atoms with E-state index in [-0.39, 0.29) is 0 Å². The van der Waals surface area contributed by atoms with E-state index in [4.69, 9.17) is 14.9 Å². The lowest BCUT2D eigenvalue weighted by molar-refractivity contribution is -0.135. The second-order valence-electron chi connectivity index (χ2n) is 4.12. The first-order valence-corrected chi connectivity index (χ1v) is 5.49. The molecule has 2 N–H and O–H groups in total. The highest BCUT2D eigenvalue weighted by atomic mass is 16.5. The van der Waals surface area contributed by atoms with Gasteiger partial charge < -0.3 is 14.9 Å². The number of carbonyl (C=O) groups excluding carboxylic acids is 1. The van der Waals surface area contributed by atoms with E-state index in [1.165, 1.54) is 19.1 Å². The molecule has 1 unspecified atom stereocenters. The Morgan fingerprint density at radius 3 is 2.78 bits per heavy atom. The fraction of sp³-hybridized carbons (Fsp3) is 0.231. The number of benzene rings is 1. The smallest absolute Gasteiger partial charge is 0.336 e. The number of ether oxygens (including phenoxy) is 1. The van der Waals surface area contributed by atoms with Crippen LogP contribution in [0.3, 0.4) is 0 Å². The first-order valence-electron chi connectivity index (χ1n) is 5.49. The lowest BCUT2D eigenvalue weighted by Gasteiger charge is -2.07. The van der Waals surface area contributed by atoms with Crippen LogP contribution in [-0.2, 0) is 4.79 Å². The van der Waals surface area contributed by atoms with Gasteiger partial charge in [0.15, 0.2) is 0 Å². The lowest BCUT2D eigenvalue weighted by atomic mass is 10.1. The maximum Gasteiger partial charge on any atom is 0.336 e. The molecular formula is C13H13NO4. The molecule has 0 saturated heterocycles. The van der Waals surface area contributed by atoms with Crippen LogP contribution in [-0.4, -0.2) is 12.0 Å². The molecule has 94 valence electrons. The van der Waals surface area contributed by atoms with E-state index < -0.39 is 17.6 Å². The number of esters is 1. The molecule has 0 aliphatic carbocycles. The van der Waals surface area contributed by atoms with Gasteiger partial charge in [0, 0.05) is 17.5 Å². The van der Waals surface area contributed by atoms with Crippen LogP contribution in [0.2, 0.25) is 0 Å². The van der Waals surface area contributed by atoms with Crippen LogP contribution in [0, 0.1) is 6.92 Å². The van der Waals surface area contributed by atoms with Gasteiger partial charge in [0.25, 0.3) is 0 Å². The normalized spacial score (nSPS) is 12.4. The third-order valence-electron chi connectivity index (χ3n) is 2.51. The quantitative estimate of drug-likeness (QED) is 0.492. The van der Waals surface area contributed by atoms with Crippen LogP contribution in [0.25, 0.3) is 11.0 Å². The monoisotopic (exact) mass is 247 g/mol. The molecule has 0 bridgehead atoms. The molecule has 1 aromatic carbocycles. The van der Waals surface area contributed by atoms with E-state index in [1.54, 1.807) is 12.1 Å². The number of nitrogens with two attached hydrogens (primary N) is 1. The van der Waals surface area contributed by atoms with Crippen molar-refractivity contribution in [3.63, 3.8) is 0 Å². The molecule has 0 spiro atoms. The van der Waals surface area contributed by atoms with Crippen molar-refractivity contribution in [2.45, 2.75) is 19.9 Å². The first-order chi connectivity index (χ1) is 8.47. The van der Waals surface area contributed by atoms with Crippen molar-refractivity contribution in [3.05, 3.63) is 40.2 Å². The van der Waals surface area contributed by atoms with Crippen LogP contribution in [0.1, 0.15) is 12.5 Å². The number of aryl methyl sites for hydroxylation is 1. The van der Waals surface area contributed by atoms with Crippen molar-refractivity contribution in [3.8, 4) is 5.75 Å². The van der Waals surface area contributed by atoms with Crippen molar-refractivity contribution in [2.24, 2.45) is 5.73 Å². The van der Waals surface area contributed by atoms with Crippen molar-refractivity contribution in [1.29, 1.82) is 0 Å². The van der Waals surface area contributed by atoms with Crippen molar-refractivity contribution in [1.82, 2.24) is 0 Å². The van der Waals surface area contributed by atoms with Gasteiger partial charge in [0.05, 0.1) is 0 Å². The van der Waals surface area contributed by atoms with Crippen LogP contribution in [0.15, 0.2) is 33.5 Å². The fourth-order valence-electron chi connectivity index (χ4n) is 1.58. The Labute approximate surface area is 103 Å². The average molecular weight is 247 g/mol. The first kappa shape index (κ1) is 12.3. The number of fused-ring (bicyclic) bond motifs is 1. The van der Waals surface area contributed by atoms with Gasteiger partial charge in [-0.2, -0.15) is 0 Å². The Morgan fingerprint density at radius 2 is 2.11 bits per heavy atom. The third kappa shape index (κ3) is 2.41. The summed E-state index contributed by atoms with van der Waals surface area (Å²) in [4.78, 5) is 22.6. The van der Waals surface area contributed by atoms with Crippen LogP contribution in [0.4, 0.5) is 0 Å². The lowest BCUT2D eigenvalue weighted by Crippen LogP contribution is -2.30. The minimum absolute atomic E-state index is 0.304. The molecule has 0 saturated carbocycles. The molecule has 0 radical (unpaired) electrons. The van der Waals surface area contributed by atoms with E-state index >= 15 is 0 Å². The largest absolute Gasteiger partial charge is 0.425 e. The molecule has 0 aliphatic heterocycles. The summed E-state index contributed by atoms with van der Waals surface area (Å²) in [5.74, 6) is -0.233. The fourth-order valence-corrected chi connectivity index (χ4v) is 1.58. The highest BCUT2D eigenvalue weighted by Gasteiger charge is 2.11. The van der Waals surface area contributed by atoms with Gasteiger partial charge in [0.2, 0.25) is 0 Å². The summed E-state index contributed by atoms with van der Waals surface area (Å²) in [7, 11) is 0. The number of hydrogen-bond donors (Lipinski definition) is 1. The Bertz CT molecular complexity index is 658. The maximum absolute atomic E-state index is 11.3. The van der Waals surface area contributed by atoms with E-state index in [9.17, 15) is 9.59 Å². The van der Waals surface area contributed by atoms with E-state index in [0.717, 1.165) is 10.9 Å². The van der Waals surface area contributed by atoms with Gasteiger partial charge in [0.1, 0.15) is 17.4 Å². The molecule has 0 fully saturated rings. The zero-order chi connectivity index (χ0) is 13.3. The molecule has 1 aromatic heterocycles. The van der Waals surface area contributed by atoms with Crippen LogP contribution >= 0.6 is 0 Å². The summed E-state index contributed by atoms with van der Waals surface area (Å²) in [6.45, 7) is 3.35. The molecule has 18 heavy (non-hydrogen) atoms. The zero-order valence-corrected chi connectivity index (χ0v) is 10.1. The maximum atomic E-state index is 11.3. The van der Waals surface area contributed by atoms with Gasteiger partial charge in [-0.1, -0.05) is 0 Å². The zero-order valence-electron chi connectivity index (χ0n) is 10.1. The van der Waals surface area contributed by atoms with Gasteiger partial charge in [-0.25, -0.2) is 9.59 Å². The topological polar surface area (TPSA) is 82.5 Å². The summed E-state index contributed by atoms with van der Waals surface area (Å²) in [6.07, 6.45) is 0. The molecular weight excluding hydrogens is 234 g/mol. The van der Waals surface area contributed by atoms with E-state index in [2.05, 4.69) is 0 Å².